The van der Waals surface area contributed by atoms with Crippen molar-refractivity contribution < 1.29 is 5.11 Å². The van der Waals surface area contributed by atoms with Gasteiger partial charge in [0.2, 0.25) is 0 Å². The molecular weight excluding hydrogens is 242 g/mol. The van der Waals surface area contributed by atoms with Crippen molar-refractivity contribution in [1.29, 1.82) is 0 Å². The topological polar surface area (TPSA) is 67.1 Å². The summed E-state index contributed by atoms with van der Waals surface area (Å²) < 4.78 is 1.76. The minimum atomic E-state index is 0.201. The molecule has 1 N–H and O–H groups in total. The second-order valence-electron chi connectivity index (χ2n) is 4.79. The Bertz CT molecular complexity index is 527. The molecule has 6 heteroatoms. The molecule has 1 fully saturated rings. The van der Waals surface area contributed by atoms with Gasteiger partial charge in [-0.2, -0.15) is 4.68 Å². The molecule has 6 nitrogen and oxygen atoms in total. The van der Waals surface area contributed by atoms with E-state index >= 15 is 0 Å². The first-order valence-corrected chi connectivity index (χ1v) is 6.56. The Hall–Kier alpha value is -1.79. The molecule has 1 aliphatic heterocycles. The van der Waals surface area contributed by atoms with Crippen LogP contribution in [-0.4, -0.2) is 49.4 Å². The maximum absolute atomic E-state index is 9.35. The second-order valence-corrected chi connectivity index (χ2v) is 4.79. The van der Waals surface area contributed by atoms with Crippen LogP contribution in [0.5, 0.6) is 0 Å². The van der Waals surface area contributed by atoms with Crippen LogP contribution in [0.2, 0.25) is 0 Å². The lowest BCUT2D eigenvalue weighted by molar-refractivity contribution is 0.150. The minimum Gasteiger partial charge on any atom is -0.395 e. The number of rotatable bonds is 4. The van der Waals surface area contributed by atoms with E-state index < -0.39 is 0 Å². The molecule has 0 amide bonds. The summed E-state index contributed by atoms with van der Waals surface area (Å²) in [5.74, 6) is 0.812. The molecule has 1 aromatic heterocycles. The molecule has 1 atom stereocenters. The highest BCUT2D eigenvalue weighted by molar-refractivity contribution is 5.30. The average molecular weight is 259 g/mol. The Balaban J connectivity index is 1.81. The second kappa shape index (κ2) is 5.46. The lowest BCUT2D eigenvalue weighted by atomic mass is 10.2. The molecule has 0 radical (unpaired) electrons. The highest BCUT2D eigenvalue weighted by Crippen LogP contribution is 2.19. The number of tetrazole rings is 1. The maximum Gasteiger partial charge on any atom is 0.170 e. The number of para-hydroxylation sites is 1. The number of hydrogen-bond donors (Lipinski definition) is 1. The normalized spacial score (nSPS) is 19.9. The molecule has 3 rings (SSSR count). The van der Waals surface area contributed by atoms with Crippen LogP contribution >= 0.6 is 0 Å². The van der Waals surface area contributed by atoms with Crippen molar-refractivity contribution in [1.82, 2.24) is 25.1 Å². The summed E-state index contributed by atoms with van der Waals surface area (Å²) in [6.45, 7) is 1.87. The Morgan fingerprint density at radius 2 is 2.11 bits per heavy atom. The van der Waals surface area contributed by atoms with Gasteiger partial charge < -0.3 is 5.11 Å². The van der Waals surface area contributed by atoms with Crippen molar-refractivity contribution in [2.45, 2.75) is 25.4 Å². The Labute approximate surface area is 111 Å². The van der Waals surface area contributed by atoms with Gasteiger partial charge >= 0.3 is 0 Å². The van der Waals surface area contributed by atoms with Crippen molar-refractivity contribution >= 4 is 0 Å². The van der Waals surface area contributed by atoms with E-state index in [1.54, 1.807) is 4.68 Å². The van der Waals surface area contributed by atoms with E-state index in [4.69, 9.17) is 0 Å². The van der Waals surface area contributed by atoms with Crippen molar-refractivity contribution in [3.05, 3.63) is 36.2 Å². The number of hydrogen-bond acceptors (Lipinski definition) is 5. The summed E-state index contributed by atoms with van der Waals surface area (Å²) in [5, 5.41) is 21.3. The Morgan fingerprint density at radius 3 is 2.89 bits per heavy atom. The Morgan fingerprint density at radius 1 is 1.26 bits per heavy atom. The zero-order valence-corrected chi connectivity index (χ0v) is 10.7. The third kappa shape index (κ3) is 2.50. The van der Waals surface area contributed by atoms with Gasteiger partial charge in [0.15, 0.2) is 5.82 Å². The molecule has 1 aromatic carbocycles. The quantitative estimate of drug-likeness (QED) is 0.871. The zero-order valence-electron chi connectivity index (χ0n) is 10.7. The Kier molecular flexibility index (Phi) is 3.52. The van der Waals surface area contributed by atoms with Crippen LogP contribution in [0.25, 0.3) is 5.69 Å². The van der Waals surface area contributed by atoms with Crippen LogP contribution in [-0.2, 0) is 6.54 Å². The fraction of sp³-hybridized carbons (Fsp3) is 0.462. The van der Waals surface area contributed by atoms with Crippen LogP contribution in [0.4, 0.5) is 0 Å². The monoisotopic (exact) mass is 259 g/mol. The van der Waals surface area contributed by atoms with E-state index in [9.17, 15) is 5.11 Å². The van der Waals surface area contributed by atoms with Gasteiger partial charge in [-0.25, -0.2) is 0 Å². The lowest BCUT2D eigenvalue weighted by Crippen LogP contribution is -2.32. The van der Waals surface area contributed by atoms with Crippen molar-refractivity contribution in [3.8, 4) is 5.69 Å². The summed E-state index contributed by atoms with van der Waals surface area (Å²) in [4.78, 5) is 2.24. The number of aliphatic hydroxyl groups excluding tert-OH is 1. The van der Waals surface area contributed by atoms with Gasteiger partial charge in [-0.05, 0) is 41.9 Å². The summed E-state index contributed by atoms with van der Waals surface area (Å²) >= 11 is 0. The number of aliphatic hydroxyl groups is 1. The first-order chi connectivity index (χ1) is 9.38. The van der Waals surface area contributed by atoms with E-state index in [1.165, 1.54) is 0 Å². The third-order valence-electron chi connectivity index (χ3n) is 3.59. The number of nitrogens with zero attached hydrogens (tertiary/aromatic N) is 5. The molecule has 1 saturated heterocycles. The predicted molar refractivity (Wildman–Crippen MR) is 69.7 cm³/mol. The molecule has 2 heterocycles. The standard InChI is InChI=1S/C13H17N5O/c19-10-12-7-4-8-17(12)9-13-14-15-16-18(13)11-5-2-1-3-6-11/h1-3,5-6,12,19H,4,7-10H2/t12-/m0/s1. The van der Waals surface area contributed by atoms with Gasteiger partial charge in [-0.15, -0.1) is 5.10 Å². The summed E-state index contributed by atoms with van der Waals surface area (Å²) in [6, 6.07) is 10.1. The SMILES string of the molecule is OC[C@@H]1CCCN1Cc1nnnn1-c1ccccc1. The van der Waals surface area contributed by atoms with Gasteiger partial charge in [0.1, 0.15) is 0 Å². The fourth-order valence-corrected chi connectivity index (χ4v) is 2.57. The van der Waals surface area contributed by atoms with E-state index in [1.807, 2.05) is 30.3 Å². The van der Waals surface area contributed by atoms with Crippen LogP contribution in [0.1, 0.15) is 18.7 Å². The van der Waals surface area contributed by atoms with Crippen LogP contribution in [0.3, 0.4) is 0 Å². The van der Waals surface area contributed by atoms with Crippen molar-refractivity contribution in [2.24, 2.45) is 0 Å². The zero-order chi connectivity index (χ0) is 13.1. The van der Waals surface area contributed by atoms with E-state index in [0.29, 0.717) is 6.54 Å². The third-order valence-corrected chi connectivity index (χ3v) is 3.59. The average Bonchev–Trinajstić information content (AvgIpc) is 3.09. The predicted octanol–water partition coefficient (Wildman–Crippen LogP) is 0.619. The van der Waals surface area contributed by atoms with Crippen LogP contribution in [0.15, 0.2) is 30.3 Å². The lowest BCUT2D eigenvalue weighted by Gasteiger charge is -2.21. The minimum absolute atomic E-state index is 0.201. The van der Waals surface area contributed by atoms with Gasteiger partial charge in [0.05, 0.1) is 18.8 Å². The fourth-order valence-electron chi connectivity index (χ4n) is 2.57. The molecule has 0 spiro atoms. The van der Waals surface area contributed by atoms with Crippen molar-refractivity contribution in [2.75, 3.05) is 13.2 Å². The highest BCUT2D eigenvalue weighted by Gasteiger charge is 2.25. The molecule has 2 aromatic rings. The highest BCUT2D eigenvalue weighted by atomic mass is 16.3. The van der Waals surface area contributed by atoms with Gasteiger partial charge in [0, 0.05) is 6.04 Å². The van der Waals surface area contributed by atoms with E-state index in [-0.39, 0.29) is 12.6 Å². The maximum atomic E-state index is 9.35. The molecular formula is C13H17N5O. The van der Waals surface area contributed by atoms with Crippen molar-refractivity contribution in [3.63, 3.8) is 0 Å². The summed E-state index contributed by atoms with van der Waals surface area (Å²) in [7, 11) is 0. The number of likely N-dealkylation sites (tertiary alicyclic amines) is 1. The molecule has 1 aliphatic rings. The smallest absolute Gasteiger partial charge is 0.170 e. The number of aromatic nitrogens is 4. The van der Waals surface area contributed by atoms with Crippen LogP contribution < -0.4 is 0 Å². The summed E-state index contributed by atoms with van der Waals surface area (Å²) in [5.41, 5.74) is 0.960. The number of benzene rings is 1. The first-order valence-electron chi connectivity index (χ1n) is 6.56. The van der Waals surface area contributed by atoms with E-state index in [2.05, 4.69) is 20.4 Å². The molecule has 0 aliphatic carbocycles. The molecule has 0 unspecified atom stereocenters. The van der Waals surface area contributed by atoms with Crippen LogP contribution in [0, 0.1) is 0 Å². The van der Waals surface area contributed by atoms with E-state index in [0.717, 1.165) is 30.9 Å². The molecule has 19 heavy (non-hydrogen) atoms. The summed E-state index contributed by atoms with van der Waals surface area (Å²) in [6.07, 6.45) is 2.17. The van der Waals surface area contributed by atoms with Gasteiger partial charge in [-0.3, -0.25) is 4.90 Å². The largest absolute Gasteiger partial charge is 0.395 e. The molecule has 0 saturated carbocycles. The van der Waals surface area contributed by atoms with Gasteiger partial charge in [-0.1, -0.05) is 18.2 Å². The first kappa shape index (κ1) is 12.3. The van der Waals surface area contributed by atoms with Gasteiger partial charge in [0.25, 0.3) is 0 Å². The molecule has 0 bridgehead atoms. The molecule has 100 valence electrons.